The van der Waals surface area contributed by atoms with Crippen molar-refractivity contribution in [3.63, 3.8) is 0 Å². The van der Waals surface area contributed by atoms with Crippen molar-refractivity contribution < 1.29 is 14.3 Å². The number of aromatic amines is 2. The van der Waals surface area contributed by atoms with E-state index in [0.29, 0.717) is 46.2 Å². The Kier molecular flexibility index (Phi) is 8.87. The fourth-order valence-corrected chi connectivity index (χ4v) is 4.63. The molecule has 0 spiro atoms. The SMILES string of the molecule is COc1ccc(CCNC(=O)CSc2nnc(Cc3cc(=O)[nH]c(=O)[nH]3)n2-c2ccc(Cl)cc2)cc1OC. The third kappa shape index (κ3) is 6.84. The van der Waals surface area contributed by atoms with Crippen LogP contribution >= 0.6 is 23.4 Å². The summed E-state index contributed by atoms with van der Waals surface area (Å²) in [6.45, 7) is 0.444. The molecule has 2 aromatic heterocycles. The molecule has 4 aromatic rings. The van der Waals surface area contributed by atoms with Gasteiger partial charge in [0.1, 0.15) is 5.82 Å². The van der Waals surface area contributed by atoms with E-state index in [1.54, 1.807) is 43.1 Å². The summed E-state index contributed by atoms with van der Waals surface area (Å²) in [5.41, 5.74) is 0.981. The zero-order valence-electron chi connectivity index (χ0n) is 20.6. The van der Waals surface area contributed by atoms with Crippen LogP contribution in [0.15, 0.2) is 63.3 Å². The summed E-state index contributed by atoms with van der Waals surface area (Å²) in [5.74, 6) is 1.70. The van der Waals surface area contributed by atoms with Crippen LogP contribution < -0.4 is 26.0 Å². The second-order valence-electron chi connectivity index (χ2n) is 8.08. The summed E-state index contributed by atoms with van der Waals surface area (Å²) >= 11 is 7.27. The van der Waals surface area contributed by atoms with Gasteiger partial charge in [0.2, 0.25) is 5.91 Å². The number of carbonyl (C=O) groups is 1. The quantitative estimate of drug-likeness (QED) is 0.239. The summed E-state index contributed by atoms with van der Waals surface area (Å²) in [6.07, 6.45) is 0.767. The molecule has 0 atom stereocenters. The van der Waals surface area contributed by atoms with E-state index >= 15 is 0 Å². The molecule has 0 bridgehead atoms. The van der Waals surface area contributed by atoms with Crippen molar-refractivity contribution >= 4 is 29.3 Å². The van der Waals surface area contributed by atoms with Crippen molar-refractivity contribution in [3.05, 3.63) is 91.5 Å². The first-order valence-electron chi connectivity index (χ1n) is 11.5. The number of methoxy groups -OCH3 is 2. The number of rotatable bonds is 11. The van der Waals surface area contributed by atoms with Crippen molar-refractivity contribution in [2.75, 3.05) is 26.5 Å². The number of ether oxygens (including phenoxy) is 2. The van der Waals surface area contributed by atoms with E-state index in [2.05, 4.69) is 25.5 Å². The molecule has 0 aliphatic carbocycles. The summed E-state index contributed by atoms with van der Waals surface area (Å²) in [6, 6.07) is 14.0. The van der Waals surface area contributed by atoms with Crippen LogP contribution in [0.5, 0.6) is 11.5 Å². The number of thioether (sulfide) groups is 1. The van der Waals surface area contributed by atoms with Crippen LogP contribution in [-0.4, -0.2) is 57.2 Å². The Morgan fingerprint density at radius 3 is 2.50 bits per heavy atom. The molecule has 1 amide bonds. The lowest BCUT2D eigenvalue weighted by Crippen LogP contribution is -2.27. The van der Waals surface area contributed by atoms with Crippen LogP contribution in [0.25, 0.3) is 5.69 Å². The molecule has 11 nitrogen and oxygen atoms in total. The van der Waals surface area contributed by atoms with Gasteiger partial charge in [0.05, 0.1) is 20.0 Å². The summed E-state index contributed by atoms with van der Waals surface area (Å²) < 4.78 is 12.3. The van der Waals surface area contributed by atoms with Crippen LogP contribution in [0.3, 0.4) is 0 Å². The molecule has 0 aliphatic heterocycles. The monoisotopic (exact) mass is 556 g/mol. The van der Waals surface area contributed by atoms with Gasteiger partial charge in [0, 0.05) is 35.4 Å². The van der Waals surface area contributed by atoms with E-state index in [1.807, 2.05) is 18.2 Å². The van der Waals surface area contributed by atoms with Gasteiger partial charge in [0.15, 0.2) is 16.7 Å². The van der Waals surface area contributed by atoms with E-state index in [1.165, 1.54) is 17.8 Å². The van der Waals surface area contributed by atoms with Crippen molar-refractivity contribution in [1.82, 2.24) is 30.0 Å². The van der Waals surface area contributed by atoms with Crippen LogP contribution in [0.4, 0.5) is 0 Å². The van der Waals surface area contributed by atoms with Gasteiger partial charge < -0.3 is 19.8 Å². The lowest BCUT2D eigenvalue weighted by molar-refractivity contribution is -0.118. The van der Waals surface area contributed by atoms with E-state index in [0.717, 1.165) is 11.3 Å². The molecule has 2 heterocycles. The lowest BCUT2D eigenvalue weighted by Gasteiger charge is -2.11. The molecule has 13 heteroatoms. The van der Waals surface area contributed by atoms with Gasteiger partial charge in [-0.15, -0.1) is 10.2 Å². The number of amides is 1. The molecule has 0 fully saturated rings. The average Bonchev–Trinajstić information content (AvgIpc) is 3.29. The molecule has 2 aromatic carbocycles. The zero-order chi connectivity index (χ0) is 27.1. The number of H-pyrrole nitrogens is 2. The Morgan fingerprint density at radius 2 is 1.79 bits per heavy atom. The predicted molar refractivity (Wildman–Crippen MR) is 144 cm³/mol. The minimum atomic E-state index is -0.607. The van der Waals surface area contributed by atoms with Gasteiger partial charge in [-0.3, -0.25) is 19.1 Å². The van der Waals surface area contributed by atoms with Crippen LogP contribution in [0.2, 0.25) is 5.02 Å². The lowest BCUT2D eigenvalue weighted by atomic mass is 10.1. The number of halogens is 1. The smallest absolute Gasteiger partial charge is 0.325 e. The van der Waals surface area contributed by atoms with Gasteiger partial charge in [-0.25, -0.2) is 4.79 Å². The summed E-state index contributed by atoms with van der Waals surface area (Å²) in [5, 5.41) is 12.4. The first-order valence-corrected chi connectivity index (χ1v) is 12.9. The Bertz CT molecular complexity index is 1500. The second kappa shape index (κ2) is 12.5. The van der Waals surface area contributed by atoms with Crippen molar-refractivity contribution in [3.8, 4) is 17.2 Å². The third-order valence-corrected chi connectivity index (χ3v) is 6.65. The molecule has 3 N–H and O–H groups in total. The van der Waals surface area contributed by atoms with Gasteiger partial charge >= 0.3 is 5.69 Å². The molecule has 0 saturated carbocycles. The Balaban J connectivity index is 1.44. The topological polar surface area (TPSA) is 144 Å². The average molecular weight is 557 g/mol. The number of benzene rings is 2. The van der Waals surface area contributed by atoms with E-state index in [4.69, 9.17) is 21.1 Å². The Labute approximate surface area is 226 Å². The highest BCUT2D eigenvalue weighted by Gasteiger charge is 2.17. The normalized spacial score (nSPS) is 10.8. The molecule has 4 rings (SSSR count). The highest BCUT2D eigenvalue weighted by Crippen LogP contribution is 2.28. The number of hydrogen-bond donors (Lipinski definition) is 3. The number of nitrogens with one attached hydrogen (secondary N) is 3. The third-order valence-electron chi connectivity index (χ3n) is 5.47. The largest absolute Gasteiger partial charge is 0.493 e. The van der Waals surface area contributed by atoms with E-state index in [9.17, 15) is 14.4 Å². The number of carbonyl (C=O) groups excluding carboxylic acids is 1. The first-order chi connectivity index (χ1) is 18.4. The maximum atomic E-state index is 12.6. The number of aromatic nitrogens is 5. The minimum absolute atomic E-state index is 0.111. The molecule has 198 valence electrons. The Morgan fingerprint density at radius 1 is 1.03 bits per heavy atom. The molecular weight excluding hydrogens is 532 g/mol. The molecule has 0 aliphatic rings. The predicted octanol–water partition coefficient (Wildman–Crippen LogP) is 2.36. The fourth-order valence-electron chi connectivity index (χ4n) is 3.71. The van der Waals surface area contributed by atoms with Gasteiger partial charge in [0.25, 0.3) is 5.56 Å². The molecule has 0 saturated heterocycles. The van der Waals surface area contributed by atoms with Crippen molar-refractivity contribution in [2.24, 2.45) is 0 Å². The van der Waals surface area contributed by atoms with Gasteiger partial charge in [-0.2, -0.15) is 0 Å². The first kappa shape index (κ1) is 27.0. The molecule has 0 radical (unpaired) electrons. The maximum absolute atomic E-state index is 12.6. The molecule has 38 heavy (non-hydrogen) atoms. The standard InChI is InChI=1S/C25H25ClN6O5S/c1-36-19-8-3-15(11-20(19)37-2)9-10-27-23(34)14-38-25-31-30-21(12-17-13-22(33)29-24(35)28-17)32(25)18-6-4-16(26)5-7-18/h3-8,11,13H,9-10,12,14H2,1-2H3,(H,27,34)(H2,28,29,33,35). The second-order valence-corrected chi connectivity index (χ2v) is 9.46. The zero-order valence-corrected chi connectivity index (χ0v) is 22.2. The number of hydrogen-bond acceptors (Lipinski definition) is 8. The van der Waals surface area contributed by atoms with Gasteiger partial charge in [-0.05, 0) is 48.4 Å². The number of nitrogens with zero attached hydrogens (tertiary/aromatic N) is 3. The van der Waals surface area contributed by atoms with E-state index in [-0.39, 0.29) is 18.1 Å². The van der Waals surface area contributed by atoms with Crippen molar-refractivity contribution in [2.45, 2.75) is 18.0 Å². The minimum Gasteiger partial charge on any atom is -0.493 e. The highest BCUT2D eigenvalue weighted by molar-refractivity contribution is 7.99. The van der Waals surface area contributed by atoms with E-state index < -0.39 is 11.2 Å². The van der Waals surface area contributed by atoms with Crippen LogP contribution in [0.1, 0.15) is 17.1 Å². The van der Waals surface area contributed by atoms with Crippen molar-refractivity contribution in [1.29, 1.82) is 0 Å². The van der Waals surface area contributed by atoms with Gasteiger partial charge in [-0.1, -0.05) is 29.4 Å². The Hall–Kier alpha value is -4.03. The molecular formula is C25H25ClN6O5S. The maximum Gasteiger partial charge on any atom is 0.325 e. The highest BCUT2D eigenvalue weighted by atomic mass is 35.5. The fraction of sp³-hybridized carbons (Fsp3) is 0.240. The molecule has 0 unspecified atom stereocenters. The van der Waals surface area contributed by atoms with Crippen LogP contribution in [0, 0.1) is 0 Å². The summed E-state index contributed by atoms with van der Waals surface area (Å²) in [7, 11) is 3.16. The summed E-state index contributed by atoms with van der Waals surface area (Å²) in [4.78, 5) is 40.7. The van der Waals surface area contributed by atoms with Crippen LogP contribution in [-0.2, 0) is 17.6 Å².